The van der Waals surface area contributed by atoms with Gasteiger partial charge in [-0.3, -0.25) is 14.4 Å². The molecule has 1 heterocycles. The topological polar surface area (TPSA) is 66.5 Å². The van der Waals surface area contributed by atoms with E-state index in [-0.39, 0.29) is 11.1 Å². The van der Waals surface area contributed by atoms with Crippen LogP contribution in [0, 0.1) is 0 Å². The fourth-order valence-electron chi connectivity index (χ4n) is 3.12. The number of carbonyl (C=O) groups is 3. The van der Waals surface area contributed by atoms with E-state index in [9.17, 15) is 14.4 Å². The van der Waals surface area contributed by atoms with Gasteiger partial charge in [0.1, 0.15) is 0 Å². The molecule has 142 valence electrons. The van der Waals surface area contributed by atoms with Crippen molar-refractivity contribution >= 4 is 46.8 Å². The quantitative estimate of drug-likeness (QED) is 0.504. The summed E-state index contributed by atoms with van der Waals surface area (Å²) in [6.07, 6.45) is 3.00. The second kappa shape index (κ2) is 7.73. The Morgan fingerprint density at radius 2 is 1.59 bits per heavy atom. The largest absolute Gasteiger partial charge is 0.322 e. The Bertz CT molecular complexity index is 1140. The minimum absolute atomic E-state index is 0.189. The van der Waals surface area contributed by atoms with E-state index in [1.54, 1.807) is 78.9 Å². The lowest BCUT2D eigenvalue weighted by Crippen LogP contribution is -2.29. The van der Waals surface area contributed by atoms with Crippen molar-refractivity contribution in [2.45, 2.75) is 0 Å². The number of amides is 3. The average molecular weight is 403 g/mol. The van der Waals surface area contributed by atoms with Crippen LogP contribution in [0.2, 0.25) is 5.02 Å². The summed E-state index contributed by atoms with van der Waals surface area (Å²) in [6.45, 7) is 0. The minimum Gasteiger partial charge on any atom is -0.322 e. The summed E-state index contributed by atoms with van der Waals surface area (Å²) < 4.78 is 0. The molecule has 1 aliphatic heterocycles. The second-order valence-corrected chi connectivity index (χ2v) is 6.82. The first-order valence-electron chi connectivity index (χ1n) is 8.86. The molecule has 3 aromatic carbocycles. The highest BCUT2D eigenvalue weighted by atomic mass is 35.5. The van der Waals surface area contributed by atoms with Crippen LogP contribution in [0.4, 0.5) is 11.4 Å². The molecule has 4 rings (SSSR count). The maximum Gasteiger partial charge on any atom is 0.268 e. The Morgan fingerprint density at radius 3 is 2.31 bits per heavy atom. The molecule has 0 bridgehead atoms. The summed E-state index contributed by atoms with van der Waals surface area (Å²) in [5, 5.41) is 3.30. The summed E-state index contributed by atoms with van der Waals surface area (Å²) in [5.41, 5.74) is 2.04. The van der Waals surface area contributed by atoms with Crippen molar-refractivity contribution in [2.24, 2.45) is 0 Å². The molecule has 0 radical (unpaired) electrons. The van der Waals surface area contributed by atoms with E-state index >= 15 is 0 Å². The third-order valence-electron chi connectivity index (χ3n) is 4.48. The number of anilines is 2. The number of para-hydroxylation sites is 1. The van der Waals surface area contributed by atoms with Gasteiger partial charge in [-0.2, -0.15) is 0 Å². The van der Waals surface area contributed by atoms with Crippen molar-refractivity contribution in [3.05, 3.63) is 101 Å². The molecule has 0 saturated carbocycles. The van der Waals surface area contributed by atoms with E-state index in [1.807, 2.05) is 0 Å². The standard InChI is InChI=1S/C23H15ClN2O3/c24-16-12-9-15(10-13-16)11-14-20(27)25-19-8-4-7-18-21(19)23(29)26(22(18)28)17-5-2-1-3-6-17/h1-14H,(H,25,27)/b14-11+. The van der Waals surface area contributed by atoms with Crippen molar-refractivity contribution < 1.29 is 14.4 Å². The van der Waals surface area contributed by atoms with Gasteiger partial charge in [0, 0.05) is 11.1 Å². The summed E-state index contributed by atoms with van der Waals surface area (Å²) in [6, 6.07) is 20.5. The second-order valence-electron chi connectivity index (χ2n) is 6.38. The number of rotatable bonds is 4. The fraction of sp³-hybridized carbons (Fsp3) is 0. The van der Waals surface area contributed by atoms with Crippen LogP contribution in [0.3, 0.4) is 0 Å². The van der Waals surface area contributed by atoms with Crippen molar-refractivity contribution in [3.8, 4) is 0 Å². The lowest BCUT2D eigenvalue weighted by Gasteiger charge is -2.13. The van der Waals surface area contributed by atoms with Gasteiger partial charge in [-0.15, -0.1) is 0 Å². The number of hydrogen-bond donors (Lipinski definition) is 1. The molecule has 0 atom stereocenters. The zero-order valence-corrected chi connectivity index (χ0v) is 15.9. The Balaban J connectivity index is 1.59. The van der Waals surface area contributed by atoms with Gasteiger partial charge in [-0.1, -0.05) is 48.0 Å². The van der Waals surface area contributed by atoms with Crippen LogP contribution in [-0.2, 0) is 4.79 Å². The highest BCUT2D eigenvalue weighted by molar-refractivity contribution is 6.36. The molecule has 29 heavy (non-hydrogen) atoms. The number of carbonyl (C=O) groups excluding carboxylic acids is 3. The summed E-state index contributed by atoms with van der Waals surface area (Å²) in [5.74, 6) is -1.29. The Kier molecular flexibility index (Phi) is 4.97. The van der Waals surface area contributed by atoms with Crippen LogP contribution in [0.5, 0.6) is 0 Å². The smallest absolute Gasteiger partial charge is 0.268 e. The highest BCUT2D eigenvalue weighted by Gasteiger charge is 2.38. The van der Waals surface area contributed by atoms with Crippen LogP contribution < -0.4 is 10.2 Å². The van der Waals surface area contributed by atoms with E-state index in [4.69, 9.17) is 11.6 Å². The molecule has 0 spiro atoms. The normalized spacial score (nSPS) is 13.1. The van der Waals surface area contributed by atoms with Gasteiger partial charge < -0.3 is 5.32 Å². The van der Waals surface area contributed by atoms with E-state index in [0.717, 1.165) is 10.5 Å². The summed E-state index contributed by atoms with van der Waals surface area (Å²) in [7, 11) is 0. The number of hydrogen-bond acceptors (Lipinski definition) is 3. The molecule has 6 heteroatoms. The molecule has 3 amide bonds. The van der Waals surface area contributed by atoms with Gasteiger partial charge in [0.05, 0.1) is 22.5 Å². The number of nitrogens with one attached hydrogen (secondary N) is 1. The predicted molar refractivity (Wildman–Crippen MR) is 113 cm³/mol. The first-order chi connectivity index (χ1) is 14.0. The average Bonchev–Trinajstić information content (AvgIpc) is 2.99. The third-order valence-corrected chi connectivity index (χ3v) is 4.74. The summed E-state index contributed by atoms with van der Waals surface area (Å²) in [4.78, 5) is 39.2. The molecule has 1 N–H and O–H groups in total. The number of imide groups is 1. The van der Waals surface area contributed by atoms with E-state index < -0.39 is 17.7 Å². The number of nitrogens with zero attached hydrogens (tertiary/aromatic N) is 1. The van der Waals surface area contributed by atoms with Gasteiger partial charge >= 0.3 is 0 Å². The maximum absolute atomic E-state index is 12.9. The Morgan fingerprint density at radius 1 is 0.862 bits per heavy atom. The molecule has 0 fully saturated rings. The molecule has 3 aromatic rings. The maximum atomic E-state index is 12.9. The van der Waals surface area contributed by atoms with Crippen molar-refractivity contribution in [1.29, 1.82) is 0 Å². The monoisotopic (exact) mass is 402 g/mol. The molecule has 0 unspecified atom stereocenters. The van der Waals surface area contributed by atoms with Gasteiger partial charge in [0.15, 0.2) is 0 Å². The number of halogens is 1. The predicted octanol–water partition coefficient (Wildman–Crippen LogP) is 4.79. The fourth-order valence-corrected chi connectivity index (χ4v) is 3.25. The van der Waals surface area contributed by atoms with Gasteiger partial charge in [-0.05, 0) is 48.0 Å². The Labute approximate surface area is 172 Å². The lowest BCUT2D eigenvalue weighted by molar-refractivity contribution is -0.111. The summed E-state index contributed by atoms with van der Waals surface area (Å²) >= 11 is 5.85. The number of benzene rings is 3. The van der Waals surface area contributed by atoms with Crippen LogP contribution in [-0.4, -0.2) is 17.7 Å². The number of fused-ring (bicyclic) bond motifs is 1. The molecular weight excluding hydrogens is 388 g/mol. The van der Waals surface area contributed by atoms with Crippen molar-refractivity contribution in [2.75, 3.05) is 10.2 Å². The minimum atomic E-state index is -0.464. The molecule has 5 nitrogen and oxygen atoms in total. The van der Waals surface area contributed by atoms with E-state index in [0.29, 0.717) is 16.4 Å². The molecular formula is C23H15ClN2O3. The molecule has 0 aromatic heterocycles. The van der Waals surface area contributed by atoms with Gasteiger partial charge in [-0.25, -0.2) is 4.90 Å². The van der Waals surface area contributed by atoms with E-state index in [2.05, 4.69) is 5.32 Å². The van der Waals surface area contributed by atoms with Crippen molar-refractivity contribution in [3.63, 3.8) is 0 Å². The zero-order valence-electron chi connectivity index (χ0n) is 15.1. The first-order valence-corrected chi connectivity index (χ1v) is 9.24. The molecule has 0 saturated heterocycles. The van der Waals surface area contributed by atoms with Crippen LogP contribution in [0.25, 0.3) is 6.08 Å². The highest BCUT2D eigenvalue weighted by Crippen LogP contribution is 2.32. The lowest BCUT2D eigenvalue weighted by atomic mass is 10.1. The third kappa shape index (κ3) is 3.68. The zero-order chi connectivity index (χ0) is 20.4. The van der Waals surface area contributed by atoms with Crippen molar-refractivity contribution in [1.82, 2.24) is 0 Å². The SMILES string of the molecule is O=C(/C=C/c1ccc(Cl)cc1)Nc1cccc2c1C(=O)N(c1ccccc1)C2=O. The van der Waals surface area contributed by atoms with Gasteiger partial charge in [0.2, 0.25) is 5.91 Å². The van der Waals surface area contributed by atoms with Crippen LogP contribution in [0.15, 0.2) is 78.9 Å². The van der Waals surface area contributed by atoms with Gasteiger partial charge in [0.25, 0.3) is 11.8 Å². The first kappa shape index (κ1) is 18.7. The Hall–Kier alpha value is -3.70. The van der Waals surface area contributed by atoms with Crippen LogP contribution in [0.1, 0.15) is 26.3 Å². The van der Waals surface area contributed by atoms with E-state index in [1.165, 1.54) is 6.08 Å². The molecule has 0 aliphatic carbocycles. The molecule has 1 aliphatic rings. The van der Waals surface area contributed by atoms with Crippen LogP contribution >= 0.6 is 11.6 Å².